The summed E-state index contributed by atoms with van der Waals surface area (Å²) in [6, 6.07) is 9.86. The van der Waals surface area contributed by atoms with Crippen molar-refractivity contribution in [2.45, 2.75) is 25.9 Å². The Balaban J connectivity index is 1.58. The summed E-state index contributed by atoms with van der Waals surface area (Å²) in [5.41, 5.74) is 2.94. The highest BCUT2D eigenvalue weighted by molar-refractivity contribution is 5.94. The van der Waals surface area contributed by atoms with E-state index in [0.29, 0.717) is 18.7 Å². The van der Waals surface area contributed by atoms with Crippen LogP contribution in [0.15, 0.2) is 48.8 Å². The first-order valence-electron chi connectivity index (χ1n) is 9.29. The molecule has 0 bridgehead atoms. The van der Waals surface area contributed by atoms with E-state index in [2.05, 4.69) is 4.98 Å². The summed E-state index contributed by atoms with van der Waals surface area (Å²) < 4.78 is 20.6. The first-order valence-corrected chi connectivity index (χ1v) is 9.29. The van der Waals surface area contributed by atoms with Gasteiger partial charge in [0.05, 0.1) is 17.4 Å². The second-order valence-corrected chi connectivity index (χ2v) is 6.80. The Bertz CT molecular complexity index is 946. The number of hydrogen-bond acceptors (Lipinski definition) is 3. The molecule has 0 N–H and O–H groups in total. The van der Waals surface area contributed by atoms with Gasteiger partial charge in [0.25, 0.3) is 5.91 Å². The van der Waals surface area contributed by atoms with E-state index in [1.807, 2.05) is 28.5 Å². The maximum atomic E-state index is 13.1. The van der Waals surface area contributed by atoms with Crippen molar-refractivity contribution in [3.63, 3.8) is 0 Å². The molecular formula is C21H22FN3O2. The Morgan fingerprint density at radius 2 is 2.07 bits per heavy atom. The summed E-state index contributed by atoms with van der Waals surface area (Å²) >= 11 is 0. The van der Waals surface area contributed by atoms with E-state index in [4.69, 9.17) is 4.74 Å². The van der Waals surface area contributed by atoms with Crippen LogP contribution < -0.4 is 0 Å². The number of amides is 1. The van der Waals surface area contributed by atoms with Gasteiger partial charge in [0.1, 0.15) is 11.5 Å². The lowest BCUT2D eigenvalue weighted by Crippen LogP contribution is -2.37. The summed E-state index contributed by atoms with van der Waals surface area (Å²) in [7, 11) is 0. The molecule has 5 nitrogen and oxygen atoms in total. The molecular weight excluding hydrogens is 345 g/mol. The second-order valence-electron chi connectivity index (χ2n) is 6.80. The summed E-state index contributed by atoms with van der Waals surface area (Å²) in [5.74, 6) is -0.284. The minimum absolute atomic E-state index is 0.00747. The number of pyridine rings is 1. The van der Waals surface area contributed by atoms with Gasteiger partial charge in [-0.2, -0.15) is 0 Å². The predicted molar refractivity (Wildman–Crippen MR) is 101 cm³/mol. The van der Waals surface area contributed by atoms with Gasteiger partial charge in [0, 0.05) is 37.7 Å². The summed E-state index contributed by atoms with van der Waals surface area (Å²) in [5, 5.41) is 0. The summed E-state index contributed by atoms with van der Waals surface area (Å²) in [6.07, 6.45) is 5.86. The molecule has 4 rings (SSSR count). The van der Waals surface area contributed by atoms with Crippen molar-refractivity contribution in [3.8, 4) is 11.3 Å². The highest BCUT2D eigenvalue weighted by Crippen LogP contribution is 2.21. The van der Waals surface area contributed by atoms with Crippen molar-refractivity contribution in [2.75, 3.05) is 19.7 Å². The van der Waals surface area contributed by atoms with Crippen LogP contribution in [0.25, 0.3) is 16.9 Å². The predicted octanol–water partition coefficient (Wildman–Crippen LogP) is 3.78. The fourth-order valence-electron chi connectivity index (χ4n) is 3.45. The maximum Gasteiger partial charge on any atom is 0.255 e. The highest BCUT2D eigenvalue weighted by atomic mass is 19.1. The summed E-state index contributed by atoms with van der Waals surface area (Å²) in [6.45, 7) is 4.03. The van der Waals surface area contributed by atoms with Gasteiger partial charge in [-0.3, -0.25) is 4.79 Å². The molecule has 1 aliphatic heterocycles. The molecule has 1 saturated heterocycles. The fraction of sp³-hybridized carbons (Fsp3) is 0.333. The molecule has 0 spiro atoms. The van der Waals surface area contributed by atoms with E-state index in [1.165, 1.54) is 12.1 Å². The van der Waals surface area contributed by atoms with E-state index >= 15 is 0 Å². The molecule has 1 atom stereocenters. The van der Waals surface area contributed by atoms with Gasteiger partial charge >= 0.3 is 0 Å². The van der Waals surface area contributed by atoms with Gasteiger partial charge in [-0.05, 0) is 56.2 Å². The molecule has 1 aliphatic rings. The fourth-order valence-corrected chi connectivity index (χ4v) is 3.45. The molecule has 3 aromatic rings. The number of benzene rings is 1. The smallest absolute Gasteiger partial charge is 0.255 e. The summed E-state index contributed by atoms with van der Waals surface area (Å²) in [4.78, 5) is 19.3. The zero-order valence-corrected chi connectivity index (χ0v) is 15.3. The Hall–Kier alpha value is -2.73. The van der Waals surface area contributed by atoms with Gasteiger partial charge in [-0.1, -0.05) is 0 Å². The minimum Gasteiger partial charge on any atom is -0.376 e. The van der Waals surface area contributed by atoms with Crippen LogP contribution in [0.2, 0.25) is 0 Å². The van der Waals surface area contributed by atoms with E-state index in [-0.39, 0.29) is 17.8 Å². The monoisotopic (exact) mass is 367 g/mol. The second kappa shape index (κ2) is 7.48. The lowest BCUT2D eigenvalue weighted by molar-refractivity contribution is 0.0539. The molecule has 1 aromatic carbocycles. The number of rotatable bonds is 5. The van der Waals surface area contributed by atoms with Gasteiger partial charge in [-0.15, -0.1) is 0 Å². The molecule has 27 heavy (non-hydrogen) atoms. The van der Waals surface area contributed by atoms with Crippen LogP contribution in [0.4, 0.5) is 4.39 Å². The molecule has 3 heterocycles. The molecule has 0 radical (unpaired) electrons. The van der Waals surface area contributed by atoms with Crippen molar-refractivity contribution in [1.29, 1.82) is 0 Å². The molecule has 6 heteroatoms. The first kappa shape index (κ1) is 17.7. The third kappa shape index (κ3) is 3.71. The molecule has 2 aromatic heterocycles. The number of nitrogens with zero attached hydrogens (tertiary/aromatic N) is 3. The van der Waals surface area contributed by atoms with Crippen molar-refractivity contribution >= 4 is 11.6 Å². The number of fused-ring (bicyclic) bond motifs is 1. The molecule has 1 unspecified atom stereocenters. The van der Waals surface area contributed by atoms with Crippen LogP contribution >= 0.6 is 0 Å². The number of carbonyl (C=O) groups is 1. The molecule has 1 amide bonds. The Labute approximate surface area is 157 Å². The maximum absolute atomic E-state index is 13.1. The number of hydrogen-bond donors (Lipinski definition) is 0. The first-order chi connectivity index (χ1) is 13.1. The third-order valence-corrected chi connectivity index (χ3v) is 4.95. The van der Waals surface area contributed by atoms with Gasteiger partial charge in [0.2, 0.25) is 0 Å². The number of aromatic nitrogens is 2. The Morgan fingerprint density at radius 1 is 1.26 bits per heavy atom. The van der Waals surface area contributed by atoms with Gasteiger partial charge < -0.3 is 14.0 Å². The highest BCUT2D eigenvalue weighted by Gasteiger charge is 2.22. The SMILES string of the molecule is CCN(CC1CCCO1)C(=O)c1ccc2nc(-c3ccc(F)cc3)cn2c1. The van der Waals surface area contributed by atoms with E-state index in [1.54, 1.807) is 24.4 Å². The largest absolute Gasteiger partial charge is 0.376 e. The van der Waals surface area contributed by atoms with Crippen LogP contribution in [-0.2, 0) is 4.74 Å². The van der Waals surface area contributed by atoms with Crippen molar-refractivity contribution in [1.82, 2.24) is 14.3 Å². The zero-order valence-electron chi connectivity index (χ0n) is 15.3. The van der Waals surface area contributed by atoms with Crippen molar-refractivity contribution in [3.05, 3.63) is 60.2 Å². The molecule has 1 fully saturated rings. The number of carbonyl (C=O) groups excluding carboxylic acids is 1. The number of likely N-dealkylation sites (N-methyl/N-ethyl adjacent to an activating group) is 1. The lowest BCUT2D eigenvalue weighted by atomic mass is 10.2. The van der Waals surface area contributed by atoms with E-state index in [9.17, 15) is 9.18 Å². The topological polar surface area (TPSA) is 46.8 Å². The lowest BCUT2D eigenvalue weighted by Gasteiger charge is -2.24. The Morgan fingerprint density at radius 3 is 2.78 bits per heavy atom. The van der Waals surface area contributed by atoms with Crippen LogP contribution in [0.3, 0.4) is 0 Å². The van der Waals surface area contributed by atoms with Crippen LogP contribution in [0.1, 0.15) is 30.1 Å². The molecule has 0 aliphatic carbocycles. The Kier molecular flexibility index (Phi) is 4.90. The average molecular weight is 367 g/mol. The number of halogens is 1. The normalized spacial score (nSPS) is 16.7. The standard InChI is InChI=1S/C21H22FN3O2/c1-2-24(13-18-4-3-11-27-18)21(26)16-7-10-20-23-19(14-25(20)12-16)15-5-8-17(22)9-6-15/h5-10,12,14,18H,2-4,11,13H2,1H3. The molecule has 140 valence electrons. The van der Waals surface area contributed by atoms with E-state index < -0.39 is 0 Å². The van der Waals surface area contributed by atoms with E-state index in [0.717, 1.165) is 36.4 Å². The zero-order chi connectivity index (χ0) is 18.8. The van der Waals surface area contributed by atoms with Gasteiger partial charge in [0.15, 0.2) is 0 Å². The van der Waals surface area contributed by atoms with Gasteiger partial charge in [-0.25, -0.2) is 9.37 Å². The van der Waals surface area contributed by atoms with Crippen LogP contribution in [-0.4, -0.2) is 46.0 Å². The molecule has 0 saturated carbocycles. The van der Waals surface area contributed by atoms with Crippen molar-refractivity contribution in [2.24, 2.45) is 0 Å². The quantitative estimate of drug-likeness (QED) is 0.689. The number of imidazole rings is 1. The van der Waals surface area contributed by atoms with Crippen LogP contribution in [0.5, 0.6) is 0 Å². The van der Waals surface area contributed by atoms with Crippen LogP contribution in [0, 0.1) is 5.82 Å². The third-order valence-electron chi connectivity index (χ3n) is 4.95. The minimum atomic E-state index is -0.277. The number of ether oxygens (including phenoxy) is 1. The van der Waals surface area contributed by atoms with Crippen molar-refractivity contribution < 1.29 is 13.9 Å². The average Bonchev–Trinajstić information content (AvgIpc) is 3.35.